The van der Waals surface area contributed by atoms with Crippen molar-refractivity contribution in [2.75, 3.05) is 13.1 Å². The summed E-state index contributed by atoms with van der Waals surface area (Å²) in [6.07, 6.45) is 3.66. The molecule has 1 atom stereocenters. The Kier molecular flexibility index (Phi) is 3.47. The summed E-state index contributed by atoms with van der Waals surface area (Å²) in [6.45, 7) is 5.94. The molecule has 0 aliphatic carbocycles. The molecule has 0 radical (unpaired) electrons. The van der Waals surface area contributed by atoms with Crippen LogP contribution in [0.5, 0.6) is 0 Å². The van der Waals surface area contributed by atoms with Gasteiger partial charge in [-0.1, -0.05) is 13.8 Å². The maximum atomic E-state index is 11.2. The number of nitrogens with zero attached hydrogens (tertiary/aromatic N) is 2. The summed E-state index contributed by atoms with van der Waals surface area (Å²) in [5, 5.41) is 16.8. The van der Waals surface area contributed by atoms with Crippen LogP contribution in [0.2, 0.25) is 0 Å². The van der Waals surface area contributed by atoms with E-state index in [9.17, 15) is 4.79 Å². The van der Waals surface area contributed by atoms with Gasteiger partial charge < -0.3 is 10.4 Å². The third-order valence-electron chi connectivity index (χ3n) is 3.23. The Hall–Kier alpha value is -1.36. The molecular weight excluding hydrogens is 218 g/mol. The first-order valence-corrected chi connectivity index (χ1v) is 6.12. The van der Waals surface area contributed by atoms with E-state index in [2.05, 4.69) is 10.4 Å². The molecule has 1 aliphatic heterocycles. The highest BCUT2D eigenvalue weighted by atomic mass is 16.4. The molecule has 5 nitrogen and oxygen atoms in total. The second-order valence-electron chi connectivity index (χ2n) is 4.85. The maximum Gasteiger partial charge on any atom is 0.339 e. The number of rotatable bonds is 3. The highest BCUT2D eigenvalue weighted by Crippen LogP contribution is 2.25. The molecule has 0 spiro atoms. The van der Waals surface area contributed by atoms with E-state index in [1.807, 2.05) is 18.5 Å². The van der Waals surface area contributed by atoms with Crippen molar-refractivity contribution in [2.24, 2.45) is 0 Å². The first kappa shape index (κ1) is 12.1. The number of hydrogen-bond acceptors (Lipinski definition) is 3. The highest BCUT2D eigenvalue weighted by molar-refractivity contribution is 5.88. The van der Waals surface area contributed by atoms with Crippen molar-refractivity contribution in [1.29, 1.82) is 0 Å². The van der Waals surface area contributed by atoms with Crippen molar-refractivity contribution in [3.8, 4) is 0 Å². The Morgan fingerprint density at radius 1 is 1.65 bits per heavy atom. The lowest BCUT2D eigenvalue weighted by Crippen LogP contribution is -2.33. The largest absolute Gasteiger partial charge is 0.478 e. The van der Waals surface area contributed by atoms with Gasteiger partial charge in [-0.05, 0) is 25.3 Å². The smallest absolute Gasteiger partial charge is 0.339 e. The average Bonchev–Trinajstić information content (AvgIpc) is 2.74. The van der Waals surface area contributed by atoms with Crippen LogP contribution in [0, 0.1) is 0 Å². The van der Waals surface area contributed by atoms with Gasteiger partial charge in [-0.15, -0.1) is 0 Å². The second-order valence-corrected chi connectivity index (χ2v) is 4.85. The summed E-state index contributed by atoms with van der Waals surface area (Å²) < 4.78 is 1.90. The van der Waals surface area contributed by atoms with E-state index < -0.39 is 5.97 Å². The highest BCUT2D eigenvalue weighted by Gasteiger charge is 2.24. The molecule has 1 fully saturated rings. The molecule has 0 amide bonds. The van der Waals surface area contributed by atoms with Crippen LogP contribution >= 0.6 is 0 Å². The Morgan fingerprint density at radius 3 is 2.94 bits per heavy atom. The minimum absolute atomic E-state index is 0.172. The molecule has 1 aromatic heterocycles. The molecule has 1 aliphatic rings. The number of aromatic carboxylic acids is 1. The summed E-state index contributed by atoms with van der Waals surface area (Å²) in [5.74, 6) is -0.714. The molecule has 1 saturated heterocycles. The number of carboxylic acids is 1. The summed E-state index contributed by atoms with van der Waals surface area (Å²) >= 11 is 0. The van der Waals surface area contributed by atoms with Crippen molar-refractivity contribution >= 4 is 5.97 Å². The summed E-state index contributed by atoms with van der Waals surface area (Å²) in [4.78, 5) is 11.2. The normalized spacial score (nSPS) is 20.8. The van der Waals surface area contributed by atoms with Crippen LogP contribution in [0.1, 0.15) is 54.7 Å². The summed E-state index contributed by atoms with van der Waals surface area (Å²) in [5.41, 5.74) is 1.18. The molecule has 2 rings (SSSR count). The molecule has 1 aromatic rings. The quantitative estimate of drug-likeness (QED) is 0.838. The van der Waals surface area contributed by atoms with Crippen LogP contribution in [0.3, 0.4) is 0 Å². The third-order valence-corrected chi connectivity index (χ3v) is 3.23. The number of hydrogen-bond donors (Lipinski definition) is 2. The lowest BCUT2D eigenvalue weighted by atomic mass is 10.0. The van der Waals surface area contributed by atoms with Gasteiger partial charge in [0, 0.05) is 6.54 Å². The second kappa shape index (κ2) is 4.87. The minimum atomic E-state index is -0.885. The Bertz CT molecular complexity index is 406. The zero-order chi connectivity index (χ0) is 12.4. The lowest BCUT2D eigenvalue weighted by Gasteiger charge is -2.26. The van der Waals surface area contributed by atoms with Gasteiger partial charge in [0.2, 0.25) is 0 Å². The molecule has 2 N–H and O–H groups in total. The molecule has 17 heavy (non-hydrogen) atoms. The van der Waals surface area contributed by atoms with Gasteiger partial charge in [0.1, 0.15) is 5.56 Å². The number of aromatic nitrogens is 2. The maximum absolute atomic E-state index is 11.2. The molecule has 0 unspecified atom stereocenters. The van der Waals surface area contributed by atoms with E-state index in [-0.39, 0.29) is 12.0 Å². The van der Waals surface area contributed by atoms with E-state index in [1.54, 1.807) is 0 Å². The van der Waals surface area contributed by atoms with Crippen molar-refractivity contribution in [3.05, 3.63) is 17.5 Å². The van der Waals surface area contributed by atoms with Gasteiger partial charge in [-0.2, -0.15) is 5.10 Å². The van der Waals surface area contributed by atoms with Crippen LogP contribution in [0.15, 0.2) is 6.20 Å². The van der Waals surface area contributed by atoms with Gasteiger partial charge in [0.05, 0.1) is 17.9 Å². The van der Waals surface area contributed by atoms with Gasteiger partial charge in [0.15, 0.2) is 0 Å². The topological polar surface area (TPSA) is 67.1 Å². The van der Waals surface area contributed by atoms with Gasteiger partial charge in [-0.3, -0.25) is 4.68 Å². The fraction of sp³-hybridized carbons (Fsp3) is 0.667. The summed E-state index contributed by atoms with van der Waals surface area (Å²) in [6, 6.07) is 0.286. The predicted octanol–water partition coefficient (Wildman–Crippen LogP) is 1.63. The number of piperidine rings is 1. The first-order chi connectivity index (χ1) is 8.11. The van der Waals surface area contributed by atoms with Crippen molar-refractivity contribution < 1.29 is 9.90 Å². The van der Waals surface area contributed by atoms with Crippen LogP contribution in [0.25, 0.3) is 0 Å². The standard InChI is InChI=1S/C12H19N3O2/c1-8(2)11-10(12(16)17)7-14-15(11)9-4-3-5-13-6-9/h7-9,13H,3-6H2,1-2H3,(H,16,17)/t9-/m1/s1. The monoisotopic (exact) mass is 237 g/mol. The SMILES string of the molecule is CC(C)c1c(C(=O)O)cnn1[C@@H]1CCCNC1. The molecule has 94 valence electrons. The van der Waals surface area contributed by atoms with E-state index in [1.165, 1.54) is 6.20 Å². The van der Waals surface area contributed by atoms with Gasteiger partial charge in [0.25, 0.3) is 0 Å². The molecule has 5 heteroatoms. The number of carboxylic acid groups (broad SMARTS) is 1. The van der Waals surface area contributed by atoms with Crippen LogP contribution < -0.4 is 5.32 Å². The average molecular weight is 237 g/mol. The molecular formula is C12H19N3O2. The van der Waals surface area contributed by atoms with Crippen molar-refractivity contribution in [1.82, 2.24) is 15.1 Å². The van der Waals surface area contributed by atoms with E-state index >= 15 is 0 Å². The van der Waals surface area contributed by atoms with Gasteiger partial charge in [-0.25, -0.2) is 4.79 Å². The lowest BCUT2D eigenvalue weighted by molar-refractivity contribution is 0.0695. The predicted molar refractivity (Wildman–Crippen MR) is 64.4 cm³/mol. The minimum Gasteiger partial charge on any atom is -0.478 e. The molecule has 0 aromatic carbocycles. The Balaban J connectivity index is 2.35. The fourth-order valence-electron chi connectivity index (χ4n) is 2.45. The number of nitrogens with one attached hydrogen (secondary N) is 1. The first-order valence-electron chi connectivity index (χ1n) is 6.12. The number of carbonyl (C=O) groups is 1. The van der Waals surface area contributed by atoms with Gasteiger partial charge >= 0.3 is 5.97 Å². The van der Waals surface area contributed by atoms with Crippen LogP contribution in [0.4, 0.5) is 0 Å². The molecule has 0 bridgehead atoms. The Labute approximate surface area is 101 Å². The zero-order valence-electron chi connectivity index (χ0n) is 10.3. The summed E-state index contributed by atoms with van der Waals surface area (Å²) in [7, 11) is 0. The van der Waals surface area contributed by atoms with E-state index in [0.29, 0.717) is 5.56 Å². The zero-order valence-corrected chi connectivity index (χ0v) is 10.3. The fourth-order valence-corrected chi connectivity index (χ4v) is 2.45. The van der Waals surface area contributed by atoms with Crippen molar-refractivity contribution in [2.45, 2.75) is 38.6 Å². The Morgan fingerprint density at radius 2 is 2.41 bits per heavy atom. The van der Waals surface area contributed by atoms with E-state index in [0.717, 1.165) is 31.6 Å². The van der Waals surface area contributed by atoms with Crippen LogP contribution in [-0.2, 0) is 0 Å². The molecule has 2 heterocycles. The van der Waals surface area contributed by atoms with Crippen LogP contribution in [-0.4, -0.2) is 33.9 Å². The third kappa shape index (κ3) is 2.34. The van der Waals surface area contributed by atoms with E-state index in [4.69, 9.17) is 5.11 Å². The molecule has 0 saturated carbocycles. The van der Waals surface area contributed by atoms with Crippen molar-refractivity contribution in [3.63, 3.8) is 0 Å².